The van der Waals surface area contributed by atoms with Gasteiger partial charge in [0.15, 0.2) is 0 Å². The van der Waals surface area contributed by atoms with Gasteiger partial charge in [-0.15, -0.1) is 0 Å². The molecule has 0 saturated carbocycles. The van der Waals surface area contributed by atoms with Crippen molar-refractivity contribution in [3.8, 4) is 0 Å². The van der Waals surface area contributed by atoms with E-state index in [1.165, 1.54) is 43.1 Å². The maximum absolute atomic E-state index is 12.1. The molecular weight excluding hydrogens is 268 g/mol. The lowest BCUT2D eigenvalue weighted by Crippen LogP contribution is -2.53. The molecule has 1 aromatic heterocycles. The zero-order valence-electron chi connectivity index (χ0n) is 13.1. The Morgan fingerprint density at radius 2 is 1.95 bits per heavy atom. The molecule has 0 unspecified atom stereocenters. The molecule has 1 aliphatic heterocycles. The number of hydrogen-bond acceptors (Lipinski definition) is 4. The summed E-state index contributed by atoms with van der Waals surface area (Å²) in [5.74, 6) is -0.240. The van der Waals surface area contributed by atoms with E-state index < -0.39 is 0 Å². The number of rotatable bonds is 4. The van der Waals surface area contributed by atoms with Gasteiger partial charge < -0.3 is 5.32 Å². The van der Waals surface area contributed by atoms with Gasteiger partial charge in [0.25, 0.3) is 11.5 Å². The lowest BCUT2D eigenvalue weighted by Gasteiger charge is -2.41. The predicted octanol–water partition coefficient (Wildman–Crippen LogP) is 0.775. The van der Waals surface area contributed by atoms with Crippen LogP contribution in [0.4, 0.5) is 0 Å². The molecule has 0 bridgehead atoms. The summed E-state index contributed by atoms with van der Waals surface area (Å²) in [5, 5.41) is 6.89. The Labute approximate surface area is 125 Å². The smallest absolute Gasteiger partial charge is 0.271 e. The van der Waals surface area contributed by atoms with Gasteiger partial charge in [0.05, 0.1) is 0 Å². The third-order valence-corrected chi connectivity index (χ3v) is 4.09. The van der Waals surface area contributed by atoms with Gasteiger partial charge in [0.1, 0.15) is 5.69 Å². The van der Waals surface area contributed by atoms with Crippen molar-refractivity contribution in [2.75, 3.05) is 19.6 Å². The van der Waals surface area contributed by atoms with Crippen LogP contribution in [-0.2, 0) is 7.05 Å². The van der Waals surface area contributed by atoms with E-state index in [1.807, 2.05) is 0 Å². The zero-order chi connectivity index (χ0) is 15.5. The number of nitrogens with one attached hydrogen (secondary N) is 1. The molecule has 1 aromatic rings. The molecule has 0 aromatic carbocycles. The highest BCUT2D eigenvalue weighted by Crippen LogP contribution is 2.19. The Kier molecular flexibility index (Phi) is 4.77. The predicted molar refractivity (Wildman–Crippen MR) is 81.3 cm³/mol. The fourth-order valence-corrected chi connectivity index (χ4v) is 2.62. The molecule has 1 saturated heterocycles. The number of hydrogen-bond donors (Lipinski definition) is 1. The molecule has 1 aliphatic rings. The van der Waals surface area contributed by atoms with Crippen molar-refractivity contribution < 1.29 is 4.79 Å². The molecule has 1 fully saturated rings. The van der Waals surface area contributed by atoms with E-state index in [0.29, 0.717) is 6.54 Å². The number of piperidine rings is 1. The summed E-state index contributed by atoms with van der Waals surface area (Å²) in [6.45, 7) is 7.03. The summed E-state index contributed by atoms with van der Waals surface area (Å²) in [7, 11) is 1.54. The zero-order valence-corrected chi connectivity index (χ0v) is 13.1. The highest BCUT2D eigenvalue weighted by molar-refractivity contribution is 5.92. The highest BCUT2D eigenvalue weighted by atomic mass is 16.2. The van der Waals surface area contributed by atoms with Crippen LogP contribution in [0.3, 0.4) is 0 Å². The van der Waals surface area contributed by atoms with Gasteiger partial charge in [-0.1, -0.05) is 6.42 Å². The maximum atomic E-state index is 12.1. The van der Waals surface area contributed by atoms with Gasteiger partial charge in [-0.3, -0.25) is 14.5 Å². The first-order chi connectivity index (χ1) is 9.90. The lowest BCUT2D eigenvalue weighted by molar-refractivity contribution is 0.0793. The van der Waals surface area contributed by atoms with Crippen LogP contribution in [0.25, 0.3) is 0 Å². The Hall–Kier alpha value is -1.69. The largest absolute Gasteiger partial charge is 0.349 e. The van der Waals surface area contributed by atoms with Crippen molar-refractivity contribution in [2.24, 2.45) is 7.05 Å². The summed E-state index contributed by atoms with van der Waals surface area (Å²) in [4.78, 5) is 25.8. The van der Waals surface area contributed by atoms with Crippen molar-refractivity contribution >= 4 is 5.91 Å². The Morgan fingerprint density at radius 1 is 1.29 bits per heavy atom. The van der Waals surface area contributed by atoms with Crippen LogP contribution in [0.15, 0.2) is 16.9 Å². The molecule has 1 N–H and O–H groups in total. The number of amides is 1. The van der Waals surface area contributed by atoms with Crippen molar-refractivity contribution in [1.82, 2.24) is 20.0 Å². The molecule has 21 heavy (non-hydrogen) atoms. The summed E-state index contributed by atoms with van der Waals surface area (Å²) in [6, 6.07) is 2.82. The minimum Gasteiger partial charge on any atom is -0.349 e. The lowest BCUT2D eigenvalue weighted by atomic mass is 9.98. The number of aromatic nitrogens is 2. The van der Waals surface area contributed by atoms with Crippen molar-refractivity contribution in [3.05, 3.63) is 28.2 Å². The van der Waals surface area contributed by atoms with Gasteiger partial charge in [-0.05, 0) is 45.8 Å². The van der Waals surface area contributed by atoms with E-state index in [-0.39, 0.29) is 22.7 Å². The first-order valence-corrected chi connectivity index (χ1v) is 7.48. The number of nitrogens with zero attached hydrogens (tertiary/aromatic N) is 3. The number of aryl methyl sites for hydroxylation is 1. The van der Waals surface area contributed by atoms with Gasteiger partial charge in [-0.25, -0.2) is 4.68 Å². The molecule has 0 spiro atoms. The van der Waals surface area contributed by atoms with Crippen LogP contribution in [-0.4, -0.2) is 45.8 Å². The third kappa shape index (κ3) is 3.91. The Balaban J connectivity index is 1.96. The molecule has 6 nitrogen and oxygen atoms in total. The van der Waals surface area contributed by atoms with Crippen molar-refractivity contribution in [2.45, 2.75) is 38.6 Å². The van der Waals surface area contributed by atoms with E-state index in [1.54, 1.807) is 0 Å². The normalized spacial score (nSPS) is 16.7. The third-order valence-electron chi connectivity index (χ3n) is 4.09. The van der Waals surface area contributed by atoms with Crippen molar-refractivity contribution in [3.63, 3.8) is 0 Å². The van der Waals surface area contributed by atoms with Crippen LogP contribution in [0.1, 0.15) is 43.6 Å². The van der Waals surface area contributed by atoms with Gasteiger partial charge in [-0.2, -0.15) is 5.10 Å². The molecule has 116 valence electrons. The summed E-state index contributed by atoms with van der Waals surface area (Å²) < 4.78 is 1.17. The molecule has 0 radical (unpaired) electrons. The average Bonchev–Trinajstić information content (AvgIpc) is 2.48. The second kappa shape index (κ2) is 6.39. The second-order valence-electron chi connectivity index (χ2n) is 6.22. The van der Waals surface area contributed by atoms with Gasteiger partial charge in [0, 0.05) is 25.2 Å². The molecule has 1 amide bonds. The molecule has 0 aliphatic carbocycles. The van der Waals surface area contributed by atoms with E-state index >= 15 is 0 Å². The molecule has 6 heteroatoms. The Bertz CT molecular complexity index is 559. The van der Waals surface area contributed by atoms with E-state index in [0.717, 1.165) is 13.1 Å². The number of likely N-dealkylation sites (tertiary alicyclic amines) is 1. The van der Waals surface area contributed by atoms with E-state index in [2.05, 4.69) is 29.2 Å². The minimum atomic E-state index is -0.240. The van der Waals surface area contributed by atoms with Gasteiger partial charge >= 0.3 is 0 Å². The second-order valence-corrected chi connectivity index (χ2v) is 6.22. The molecule has 2 rings (SSSR count). The first-order valence-electron chi connectivity index (χ1n) is 7.48. The topological polar surface area (TPSA) is 67.2 Å². The monoisotopic (exact) mass is 292 g/mol. The summed E-state index contributed by atoms with van der Waals surface area (Å²) in [6.07, 6.45) is 3.74. The van der Waals surface area contributed by atoms with Crippen LogP contribution in [0.5, 0.6) is 0 Å². The van der Waals surface area contributed by atoms with Crippen molar-refractivity contribution in [1.29, 1.82) is 0 Å². The molecule has 2 heterocycles. The summed E-state index contributed by atoms with van der Waals surface area (Å²) in [5.41, 5.74) is -0.0248. The SMILES string of the molecule is Cn1nc(C(=O)NCC(C)(C)N2CCCCC2)ccc1=O. The quantitative estimate of drug-likeness (QED) is 0.890. The van der Waals surface area contributed by atoms with E-state index in [4.69, 9.17) is 0 Å². The number of carbonyl (C=O) groups excluding carboxylic acids is 1. The molecule has 0 atom stereocenters. The average molecular weight is 292 g/mol. The summed E-state index contributed by atoms with van der Waals surface area (Å²) >= 11 is 0. The molecular formula is C15H24N4O2. The van der Waals surface area contributed by atoms with Crippen LogP contribution < -0.4 is 10.9 Å². The van der Waals surface area contributed by atoms with E-state index in [9.17, 15) is 9.59 Å². The standard InChI is InChI=1S/C15H24N4O2/c1-15(2,19-9-5-4-6-10-19)11-16-14(21)12-7-8-13(20)18(3)17-12/h7-8H,4-6,9-11H2,1-3H3,(H,16,21). The highest BCUT2D eigenvalue weighted by Gasteiger charge is 2.28. The fourth-order valence-electron chi connectivity index (χ4n) is 2.62. The number of carbonyl (C=O) groups is 1. The first kappa shape index (κ1) is 15.7. The minimum absolute atomic E-state index is 0.0727. The van der Waals surface area contributed by atoms with Crippen LogP contribution in [0.2, 0.25) is 0 Å². The van der Waals surface area contributed by atoms with Crippen LogP contribution >= 0.6 is 0 Å². The fraction of sp³-hybridized carbons (Fsp3) is 0.667. The van der Waals surface area contributed by atoms with Crippen LogP contribution in [0, 0.1) is 0 Å². The maximum Gasteiger partial charge on any atom is 0.271 e. The Morgan fingerprint density at radius 3 is 2.57 bits per heavy atom. The van der Waals surface area contributed by atoms with Gasteiger partial charge in [0.2, 0.25) is 0 Å².